The molecule has 0 aromatic heterocycles. The van der Waals surface area contributed by atoms with Crippen molar-refractivity contribution in [1.29, 1.82) is 0 Å². The molecule has 2 aliphatic heterocycles. The van der Waals surface area contributed by atoms with Gasteiger partial charge in [-0.1, -0.05) is 6.08 Å². The van der Waals surface area contributed by atoms with Crippen molar-refractivity contribution >= 4 is 0 Å². The van der Waals surface area contributed by atoms with E-state index in [0.29, 0.717) is 12.7 Å². The summed E-state index contributed by atoms with van der Waals surface area (Å²) in [5, 5.41) is 0. The molecule has 0 radical (unpaired) electrons. The summed E-state index contributed by atoms with van der Waals surface area (Å²) >= 11 is 0. The molecular formula is C9H12O2. The summed E-state index contributed by atoms with van der Waals surface area (Å²) < 4.78 is 10.7. The maximum absolute atomic E-state index is 5.49. The van der Waals surface area contributed by atoms with E-state index in [2.05, 4.69) is 6.08 Å². The van der Waals surface area contributed by atoms with Crippen molar-refractivity contribution in [1.82, 2.24) is 0 Å². The van der Waals surface area contributed by atoms with Crippen LogP contribution < -0.4 is 0 Å². The van der Waals surface area contributed by atoms with Gasteiger partial charge in [0.15, 0.2) is 0 Å². The molecule has 0 aromatic carbocycles. The van der Waals surface area contributed by atoms with Gasteiger partial charge in [-0.3, -0.25) is 0 Å². The fourth-order valence-corrected chi connectivity index (χ4v) is 1.45. The second-order valence-electron chi connectivity index (χ2n) is 2.86. The molecule has 1 saturated heterocycles. The number of ether oxygens (including phenoxy) is 2. The summed E-state index contributed by atoms with van der Waals surface area (Å²) in [7, 11) is 0. The lowest BCUT2D eigenvalue weighted by Gasteiger charge is -2.13. The molecule has 2 rings (SSSR count). The molecular weight excluding hydrogens is 140 g/mol. The topological polar surface area (TPSA) is 18.5 Å². The molecule has 1 fully saturated rings. The monoisotopic (exact) mass is 152 g/mol. The predicted octanol–water partition coefficient (Wildman–Crippen LogP) is 1.64. The maximum atomic E-state index is 5.49. The van der Waals surface area contributed by atoms with E-state index in [-0.39, 0.29) is 0 Å². The van der Waals surface area contributed by atoms with E-state index in [0.717, 1.165) is 13.0 Å². The average Bonchev–Trinajstić information content (AvgIpc) is 2.58. The number of hydrogen-bond acceptors (Lipinski definition) is 2. The Morgan fingerprint density at radius 3 is 3.09 bits per heavy atom. The Hall–Kier alpha value is -0.760. The Morgan fingerprint density at radius 1 is 1.45 bits per heavy atom. The smallest absolute Gasteiger partial charge is 0.106 e. The van der Waals surface area contributed by atoms with Crippen molar-refractivity contribution in [3.8, 4) is 0 Å². The normalized spacial score (nSPS) is 29.8. The zero-order valence-electron chi connectivity index (χ0n) is 6.45. The van der Waals surface area contributed by atoms with Crippen LogP contribution in [0.3, 0.4) is 0 Å². The molecule has 2 heterocycles. The van der Waals surface area contributed by atoms with Gasteiger partial charge in [-0.25, -0.2) is 0 Å². The first-order chi connectivity index (χ1) is 5.47. The van der Waals surface area contributed by atoms with Gasteiger partial charge < -0.3 is 9.47 Å². The highest BCUT2D eigenvalue weighted by Gasteiger charge is 2.19. The van der Waals surface area contributed by atoms with Crippen molar-refractivity contribution in [2.75, 3.05) is 13.2 Å². The summed E-state index contributed by atoms with van der Waals surface area (Å²) in [6, 6.07) is 0. The Morgan fingerprint density at radius 2 is 2.45 bits per heavy atom. The Kier molecular flexibility index (Phi) is 1.95. The zero-order chi connectivity index (χ0) is 7.52. The molecule has 60 valence electrons. The third-order valence-corrected chi connectivity index (χ3v) is 2.02. The molecule has 0 saturated carbocycles. The van der Waals surface area contributed by atoms with Crippen molar-refractivity contribution in [2.45, 2.75) is 18.9 Å². The SMILES string of the molecule is C1=CC(C2CCCO2)=COC1. The fraction of sp³-hybridized carbons (Fsp3) is 0.556. The highest BCUT2D eigenvalue weighted by atomic mass is 16.5. The van der Waals surface area contributed by atoms with Gasteiger partial charge in [0, 0.05) is 12.2 Å². The molecule has 1 unspecified atom stereocenters. The summed E-state index contributed by atoms with van der Waals surface area (Å²) in [6.07, 6.45) is 8.55. The molecule has 2 heteroatoms. The van der Waals surface area contributed by atoms with Crippen LogP contribution in [0.4, 0.5) is 0 Å². The van der Waals surface area contributed by atoms with Gasteiger partial charge in [-0.15, -0.1) is 0 Å². The van der Waals surface area contributed by atoms with Gasteiger partial charge in [0.2, 0.25) is 0 Å². The molecule has 0 amide bonds. The first-order valence-electron chi connectivity index (χ1n) is 4.06. The van der Waals surface area contributed by atoms with Gasteiger partial charge in [0.05, 0.1) is 12.4 Å². The highest BCUT2D eigenvalue weighted by molar-refractivity contribution is 5.24. The fourth-order valence-electron chi connectivity index (χ4n) is 1.45. The minimum atomic E-state index is 0.298. The first-order valence-corrected chi connectivity index (χ1v) is 4.06. The van der Waals surface area contributed by atoms with Crippen LogP contribution in [0, 0.1) is 0 Å². The van der Waals surface area contributed by atoms with Crippen LogP contribution in [0.1, 0.15) is 12.8 Å². The van der Waals surface area contributed by atoms with E-state index >= 15 is 0 Å². The van der Waals surface area contributed by atoms with E-state index in [1.165, 1.54) is 12.0 Å². The molecule has 1 atom stereocenters. The van der Waals surface area contributed by atoms with Crippen LogP contribution in [0.15, 0.2) is 24.0 Å². The Labute approximate surface area is 66.5 Å². The molecule has 0 spiro atoms. The standard InChI is InChI=1S/C9H12O2/c1-3-8(7-10-5-1)9-4-2-6-11-9/h1,3,7,9H,2,4-6H2. The molecule has 2 nitrogen and oxygen atoms in total. The van der Waals surface area contributed by atoms with Gasteiger partial charge in [-0.05, 0) is 18.9 Å². The van der Waals surface area contributed by atoms with E-state index in [1.807, 2.05) is 12.3 Å². The molecule has 11 heavy (non-hydrogen) atoms. The summed E-state index contributed by atoms with van der Waals surface area (Å²) in [6.45, 7) is 1.60. The van der Waals surface area contributed by atoms with E-state index in [9.17, 15) is 0 Å². The van der Waals surface area contributed by atoms with Crippen LogP contribution in [0.2, 0.25) is 0 Å². The summed E-state index contributed by atoms with van der Waals surface area (Å²) in [4.78, 5) is 0. The minimum Gasteiger partial charge on any atom is -0.497 e. The van der Waals surface area contributed by atoms with Gasteiger partial charge in [0.1, 0.15) is 6.61 Å². The van der Waals surface area contributed by atoms with Gasteiger partial charge in [-0.2, -0.15) is 0 Å². The van der Waals surface area contributed by atoms with Crippen molar-refractivity contribution < 1.29 is 9.47 Å². The lowest BCUT2D eigenvalue weighted by atomic mass is 10.1. The zero-order valence-corrected chi connectivity index (χ0v) is 6.45. The van der Waals surface area contributed by atoms with Gasteiger partial charge in [0.25, 0.3) is 0 Å². The van der Waals surface area contributed by atoms with Crippen LogP contribution in [-0.4, -0.2) is 19.3 Å². The van der Waals surface area contributed by atoms with E-state index in [1.54, 1.807) is 0 Å². The number of hydrogen-bond donors (Lipinski definition) is 0. The van der Waals surface area contributed by atoms with Crippen LogP contribution >= 0.6 is 0 Å². The van der Waals surface area contributed by atoms with Crippen molar-refractivity contribution in [2.24, 2.45) is 0 Å². The van der Waals surface area contributed by atoms with Crippen molar-refractivity contribution in [3.63, 3.8) is 0 Å². The van der Waals surface area contributed by atoms with E-state index in [4.69, 9.17) is 9.47 Å². The van der Waals surface area contributed by atoms with Gasteiger partial charge >= 0.3 is 0 Å². The second-order valence-corrected chi connectivity index (χ2v) is 2.86. The molecule has 0 bridgehead atoms. The minimum absolute atomic E-state index is 0.298. The van der Waals surface area contributed by atoms with Crippen LogP contribution in [0.25, 0.3) is 0 Å². The van der Waals surface area contributed by atoms with Crippen LogP contribution in [-0.2, 0) is 9.47 Å². The summed E-state index contributed by atoms with van der Waals surface area (Å²) in [5.41, 5.74) is 1.19. The largest absolute Gasteiger partial charge is 0.497 e. The molecule has 2 aliphatic rings. The highest BCUT2D eigenvalue weighted by Crippen LogP contribution is 2.21. The third-order valence-electron chi connectivity index (χ3n) is 2.02. The molecule has 0 aromatic rings. The quantitative estimate of drug-likeness (QED) is 0.568. The molecule has 0 N–H and O–H groups in total. The Balaban J connectivity index is 2.02. The number of rotatable bonds is 1. The summed E-state index contributed by atoms with van der Waals surface area (Å²) in [5.74, 6) is 0. The lowest BCUT2D eigenvalue weighted by molar-refractivity contribution is 0.134. The predicted molar refractivity (Wildman–Crippen MR) is 42.1 cm³/mol. The molecule has 0 aliphatic carbocycles. The Bertz CT molecular complexity index is 188. The van der Waals surface area contributed by atoms with Crippen molar-refractivity contribution in [3.05, 3.63) is 24.0 Å². The van der Waals surface area contributed by atoms with Crippen LogP contribution in [0.5, 0.6) is 0 Å². The second kappa shape index (κ2) is 3.09. The first kappa shape index (κ1) is 6.92. The third kappa shape index (κ3) is 1.46. The van der Waals surface area contributed by atoms with E-state index < -0.39 is 0 Å². The average molecular weight is 152 g/mol. The maximum Gasteiger partial charge on any atom is 0.106 e. The lowest BCUT2D eigenvalue weighted by Crippen LogP contribution is -2.09.